The minimum atomic E-state index is 0.178. The van der Waals surface area contributed by atoms with E-state index in [1.807, 2.05) is 30.0 Å². The molecule has 0 spiro atoms. The maximum atomic E-state index is 12.5. The van der Waals surface area contributed by atoms with E-state index in [0.29, 0.717) is 0 Å². The molecular weight excluding hydrogens is 302 g/mol. The highest BCUT2D eigenvalue weighted by molar-refractivity contribution is 9.10. The topological polar surface area (TPSA) is 20.3 Å². The molecule has 1 fully saturated rings. The first kappa shape index (κ1) is 14.6. The Kier molecular flexibility index (Phi) is 5.03. The van der Waals surface area contributed by atoms with Crippen LogP contribution >= 0.6 is 15.9 Å². The van der Waals surface area contributed by atoms with Crippen LogP contribution in [0, 0.1) is 12.8 Å². The minimum absolute atomic E-state index is 0.178. The lowest BCUT2D eigenvalue weighted by molar-refractivity contribution is 0.0760. The summed E-state index contributed by atoms with van der Waals surface area (Å²) in [6.07, 6.45) is 4.78. The first-order valence-corrected chi connectivity index (χ1v) is 7.96. The van der Waals surface area contributed by atoms with Gasteiger partial charge in [0, 0.05) is 23.1 Å². The van der Waals surface area contributed by atoms with E-state index in [9.17, 15) is 4.79 Å². The quantitative estimate of drug-likeness (QED) is 0.789. The molecule has 0 aromatic heterocycles. The van der Waals surface area contributed by atoms with E-state index in [-0.39, 0.29) is 5.91 Å². The summed E-state index contributed by atoms with van der Waals surface area (Å²) in [5.74, 6) is 0.972. The number of carbonyl (C=O) groups excluding carboxylic acids is 1. The third kappa shape index (κ3) is 3.59. The van der Waals surface area contributed by atoms with Crippen molar-refractivity contribution in [2.45, 2.75) is 39.5 Å². The van der Waals surface area contributed by atoms with Gasteiger partial charge in [0.15, 0.2) is 0 Å². The number of carbonyl (C=O) groups is 1. The molecule has 0 saturated carbocycles. The van der Waals surface area contributed by atoms with Gasteiger partial charge < -0.3 is 4.90 Å². The molecule has 1 aromatic carbocycles. The lowest BCUT2D eigenvalue weighted by atomic mass is 9.98. The predicted molar refractivity (Wildman–Crippen MR) is 82.4 cm³/mol. The largest absolute Gasteiger partial charge is 0.339 e. The van der Waals surface area contributed by atoms with Crippen LogP contribution in [-0.2, 0) is 0 Å². The fourth-order valence-electron chi connectivity index (χ4n) is 2.69. The van der Waals surface area contributed by atoms with E-state index in [1.54, 1.807) is 0 Å². The first-order chi connectivity index (χ1) is 9.11. The van der Waals surface area contributed by atoms with Gasteiger partial charge in [-0.05, 0) is 49.8 Å². The van der Waals surface area contributed by atoms with Crippen LogP contribution in [0.5, 0.6) is 0 Å². The third-order valence-electron chi connectivity index (χ3n) is 4.13. The van der Waals surface area contributed by atoms with Crippen LogP contribution in [0.4, 0.5) is 0 Å². The molecule has 104 valence electrons. The van der Waals surface area contributed by atoms with Gasteiger partial charge in [0.2, 0.25) is 0 Å². The van der Waals surface area contributed by atoms with Gasteiger partial charge in [-0.15, -0.1) is 0 Å². The number of rotatable bonds is 2. The van der Waals surface area contributed by atoms with Crippen LogP contribution in [0.2, 0.25) is 0 Å². The zero-order valence-electron chi connectivity index (χ0n) is 11.8. The van der Waals surface area contributed by atoms with E-state index in [1.165, 1.54) is 18.4 Å². The van der Waals surface area contributed by atoms with Crippen molar-refractivity contribution in [2.75, 3.05) is 13.1 Å². The first-order valence-electron chi connectivity index (χ1n) is 7.17. The Hall–Kier alpha value is -0.830. The van der Waals surface area contributed by atoms with Gasteiger partial charge in [-0.25, -0.2) is 0 Å². The van der Waals surface area contributed by atoms with Gasteiger partial charge in [0.1, 0.15) is 0 Å². The zero-order valence-corrected chi connectivity index (χ0v) is 13.4. The van der Waals surface area contributed by atoms with Crippen LogP contribution in [0.15, 0.2) is 22.7 Å². The van der Waals surface area contributed by atoms with Crippen molar-refractivity contribution in [3.63, 3.8) is 0 Å². The van der Waals surface area contributed by atoms with Gasteiger partial charge in [-0.3, -0.25) is 4.79 Å². The SMILES string of the molecule is CCC1CCCN(C(=O)c2ccc(C)c(Br)c2)CC1. The number of hydrogen-bond donors (Lipinski definition) is 0. The Bertz CT molecular complexity index is 458. The molecule has 0 radical (unpaired) electrons. The summed E-state index contributed by atoms with van der Waals surface area (Å²) >= 11 is 3.50. The molecule has 0 bridgehead atoms. The van der Waals surface area contributed by atoms with Crippen molar-refractivity contribution in [1.29, 1.82) is 0 Å². The number of aryl methyl sites for hydroxylation is 1. The molecule has 1 atom stereocenters. The van der Waals surface area contributed by atoms with Gasteiger partial charge in [-0.2, -0.15) is 0 Å². The van der Waals surface area contributed by atoms with Crippen molar-refractivity contribution >= 4 is 21.8 Å². The lowest BCUT2D eigenvalue weighted by Gasteiger charge is -2.21. The summed E-state index contributed by atoms with van der Waals surface area (Å²) in [5.41, 5.74) is 1.96. The average molecular weight is 324 g/mol. The van der Waals surface area contributed by atoms with Crippen molar-refractivity contribution < 1.29 is 4.79 Å². The predicted octanol–water partition coefficient (Wildman–Crippen LogP) is 4.41. The summed E-state index contributed by atoms with van der Waals surface area (Å²) in [7, 11) is 0. The Labute approximate surface area is 124 Å². The van der Waals surface area contributed by atoms with Crippen molar-refractivity contribution in [3.05, 3.63) is 33.8 Å². The van der Waals surface area contributed by atoms with E-state index >= 15 is 0 Å². The molecule has 1 unspecified atom stereocenters. The normalized spacial score (nSPS) is 20.2. The summed E-state index contributed by atoms with van der Waals surface area (Å²) in [6, 6.07) is 5.88. The summed E-state index contributed by atoms with van der Waals surface area (Å²) in [5, 5.41) is 0. The highest BCUT2D eigenvalue weighted by atomic mass is 79.9. The molecule has 3 heteroatoms. The number of nitrogens with zero attached hydrogens (tertiary/aromatic N) is 1. The van der Waals surface area contributed by atoms with Crippen molar-refractivity contribution in [1.82, 2.24) is 4.90 Å². The van der Waals surface area contributed by atoms with Crippen LogP contribution in [0.1, 0.15) is 48.5 Å². The maximum absolute atomic E-state index is 12.5. The van der Waals surface area contributed by atoms with E-state index < -0.39 is 0 Å². The van der Waals surface area contributed by atoms with E-state index in [2.05, 4.69) is 22.9 Å². The maximum Gasteiger partial charge on any atom is 0.253 e. The Balaban J connectivity index is 2.08. The molecular formula is C16H22BrNO. The minimum Gasteiger partial charge on any atom is -0.339 e. The second kappa shape index (κ2) is 6.56. The molecule has 2 nitrogen and oxygen atoms in total. The summed E-state index contributed by atoms with van der Waals surface area (Å²) in [4.78, 5) is 14.5. The average Bonchev–Trinajstić information content (AvgIpc) is 2.66. The van der Waals surface area contributed by atoms with Crippen molar-refractivity contribution in [3.8, 4) is 0 Å². The van der Waals surface area contributed by atoms with Crippen LogP contribution in [0.25, 0.3) is 0 Å². The Morgan fingerprint density at radius 3 is 2.84 bits per heavy atom. The van der Waals surface area contributed by atoms with E-state index in [4.69, 9.17) is 0 Å². The Morgan fingerprint density at radius 2 is 2.16 bits per heavy atom. The number of likely N-dealkylation sites (tertiary alicyclic amines) is 1. The van der Waals surface area contributed by atoms with Crippen molar-refractivity contribution in [2.24, 2.45) is 5.92 Å². The highest BCUT2D eigenvalue weighted by Crippen LogP contribution is 2.23. The molecule has 1 amide bonds. The smallest absolute Gasteiger partial charge is 0.253 e. The zero-order chi connectivity index (χ0) is 13.8. The van der Waals surface area contributed by atoms with Crippen LogP contribution < -0.4 is 0 Å². The monoisotopic (exact) mass is 323 g/mol. The number of benzene rings is 1. The molecule has 1 saturated heterocycles. The van der Waals surface area contributed by atoms with Gasteiger partial charge in [0.05, 0.1) is 0 Å². The fourth-order valence-corrected chi connectivity index (χ4v) is 3.06. The van der Waals surface area contributed by atoms with E-state index in [0.717, 1.165) is 41.9 Å². The summed E-state index contributed by atoms with van der Waals surface area (Å²) < 4.78 is 1.01. The highest BCUT2D eigenvalue weighted by Gasteiger charge is 2.21. The third-order valence-corrected chi connectivity index (χ3v) is 4.99. The molecule has 1 aromatic rings. The number of amides is 1. The molecule has 0 aliphatic carbocycles. The molecule has 2 rings (SSSR count). The Morgan fingerprint density at radius 1 is 1.37 bits per heavy atom. The lowest BCUT2D eigenvalue weighted by Crippen LogP contribution is -2.32. The molecule has 1 aliphatic heterocycles. The van der Waals surface area contributed by atoms with Crippen LogP contribution in [-0.4, -0.2) is 23.9 Å². The van der Waals surface area contributed by atoms with Crippen LogP contribution in [0.3, 0.4) is 0 Å². The van der Waals surface area contributed by atoms with Gasteiger partial charge in [-0.1, -0.05) is 35.3 Å². The second-order valence-electron chi connectivity index (χ2n) is 5.46. The van der Waals surface area contributed by atoms with Gasteiger partial charge in [0.25, 0.3) is 5.91 Å². The second-order valence-corrected chi connectivity index (χ2v) is 6.32. The molecule has 1 aliphatic rings. The number of halogens is 1. The van der Waals surface area contributed by atoms with Gasteiger partial charge >= 0.3 is 0 Å². The fraction of sp³-hybridized carbons (Fsp3) is 0.562. The molecule has 0 N–H and O–H groups in total. The number of hydrogen-bond acceptors (Lipinski definition) is 1. The standard InChI is InChI=1S/C16H22BrNO/c1-3-13-5-4-9-18(10-8-13)16(19)14-7-6-12(2)15(17)11-14/h6-7,11,13H,3-5,8-10H2,1-2H3. The molecule has 1 heterocycles. The molecule has 19 heavy (non-hydrogen) atoms. The summed E-state index contributed by atoms with van der Waals surface area (Å²) in [6.45, 7) is 6.10.